The standard InChI is InChI=1S/C24H30Cl2N2O4S2/c1-5-31-15(3)13-27-23(29)19-11-17(25)7-9-21(19)33-34-22-10-8-18(26)12-20(22)24(30)28-14-16(4)32-6-2/h7-12,15-16H,5-6,13-14H2,1-4H3,(H,27,29)(H,28,30). The van der Waals surface area contributed by atoms with E-state index >= 15 is 0 Å². The summed E-state index contributed by atoms with van der Waals surface area (Å²) in [5.74, 6) is -0.479. The molecular weight excluding hydrogens is 515 g/mol. The van der Waals surface area contributed by atoms with Gasteiger partial charge in [-0.15, -0.1) is 0 Å². The summed E-state index contributed by atoms with van der Waals surface area (Å²) in [5, 5.41) is 6.70. The van der Waals surface area contributed by atoms with E-state index < -0.39 is 0 Å². The first kappa shape index (κ1) is 28.8. The van der Waals surface area contributed by atoms with Crippen LogP contribution in [0, 0.1) is 0 Å². The zero-order valence-corrected chi connectivity index (χ0v) is 22.8. The fourth-order valence-electron chi connectivity index (χ4n) is 2.94. The van der Waals surface area contributed by atoms with Crippen molar-refractivity contribution in [2.45, 2.75) is 49.7 Å². The average Bonchev–Trinajstić information content (AvgIpc) is 2.81. The number of rotatable bonds is 13. The molecule has 0 radical (unpaired) electrons. The Morgan fingerprint density at radius 2 is 1.18 bits per heavy atom. The lowest BCUT2D eigenvalue weighted by atomic mass is 10.2. The number of amides is 2. The highest BCUT2D eigenvalue weighted by atomic mass is 35.5. The lowest BCUT2D eigenvalue weighted by Crippen LogP contribution is -2.32. The normalized spacial score (nSPS) is 12.8. The van der Waals surface area contributed by atoms with Gasteiger partial charge in [0, 0.05) is 46.1 Å². The maximum Gasteiger partial charge on any atom is 0.252 e. The maximum absolute atomic E-state index is 12.8. The van der Waals surface area contributed by atoms with Crippen molar-refractivity contribution in [2.24, 2.45) is 0 Å². The summed E-state index contributed by atoms with van der Waals surface area (Å²) in [6.45, 7) is 9.54. The third-order valence-electron chi connectivity index (χ3n) is 4.60. The summed E-state index contributed by atoms with van der Waals surface area (Å²) in [5.41, 5.74) is 0.915. The molecular formula is C24H30Cl2N2O4S2. The van der Waals surface area contributed by atoms with Gasteiger partial charge in [0.2, 0.25) is 0 Å². The van der Waals surface area contributed by atoms with E-state index in [-0.39, 0.29) is 24.0 Å². The molecule has 0 aliphatic heterocycles. The minimum atomic E-state index is -0.240. The van der Waals surface area contributed by atoms with E-state index in [0.29, 0.717) is 47.5 Å². The van der Waals surface area contributed by atoms with Crippen LogP contribution in [0.5, 0.6) is 0 Å². The van der Waals surface area contributed by atoms with Crippen LogP contribution in [-0.2, 0) is 9.47 Å². The predicted molar refractivity (Wildman–Crippen MR) is 141 cm³/mol. The quantitative estimate of drug-likeness (QED) is 0.296. The highest BCUT2D eigenvalue weighted by molar-refractivity contribution is 8.76. The lowest BCUT2D eigenvalue weighted by Gasteiger charge is -2.15. The van der Waals surface area contributed by atoms with Crippen LogP contribution in [0.2, 0.25) is 10.0 Å². The second kappa shape index (κ2) is 14.9. The molecule has 0 bridgehead atoms. The summed E-state index contributed by atoms with van der Waals surface area (Å²) in [6.07, 6.45) is -0.196. The van der Waals surface area contributed by atoms with Crippen molar-refractivity contribution in [1.29, 1.82) is 0 Å². The lowest BCUT2D eigenvalue weighted by molar-refractivity contribution is 0.0694. The van der Waals surface area contributed by atoms with Gasteiger partial charge in [-0.25, -0.2) is 0 Å². The van der Waals surface area contributed by atoms with Gasteiger partial charge in [-0.2, -0.15) is 0 Å². The van der Waals surface area contributed by atoms with Crippen LogP contribution in [0.4, 0.5) is 0 Å². The van der Waals surface area contributed by atoms with Crippen molar-refractivity contribution in [3.8, 4) is 0 Å². The van der Waals surface area contributed by atoms with Crippen molar-refractivity contribution >= 4 is 56.6 Å². The Morgan fingerprint density at radius 1 is 0.794 bits per heavy atom. The molecule has 0 aliphatic carbocycles. The third kappa shape index (κ3) is 9.32. The average molecular weight is 546 g/mol. The molecule has 0 heterocycles. The van der Waals surface area contributed by atoms with Crippen LogP contribution in [-0.4, -0.2) is 50.3 Å². The van der Waals surface area contributed by atoms with E-state index in [4.69, 9.17) is 32.7 Å². The summed E-state index contributed by atoms with van der Waals surface area (Å²) in [4.78, 5) is 27.1. The first-order valence-corrected chi connectivity index (χ1v) is 13.9. The van der Waals surface area contributed by atoms with Gasteiger partial charge in [0.05, 0.1) is 23.3 Å². The van der Waals surface area contributed by atoms with Crippen LogP contribution in [0.25, 0.3) is 0 Å². The molecule has 2 N–H and O–H groups in total. The van der Waals surface area contributed by atoms with Crippen LogP contribution in [0.3, 0.4) is 0 Å². The molecule has 2 atom stereocenters. The van der Waals surface area contributed by atoms with Crippen molar-refractivity contribution in [3.63, 3.8) is 0 Å². The first-order valence-electron chi connectivity index (χ1n) is 11.0. The Labute approximate surface area is 219 Å². The molecule has 2 aromatic carbocycles. The number of benzene rings is 2. The number of hydrogen-bond acceptors (Lipinski definition) is 6. The Balaban J connectivity index is 2.14. The van der Waals surface area contributed by atoms with Gasteiger partial charge < -0.3 is 20.1 Å². The highest BCUT2D eigenvalue weighted by Crippen LogP contribution is 2.41. The highest BCUT2D eigenvalue weighted by Gasteiger charge is 2.18. The smallest absolute Gasteiger partial charge is 0.252 e. The second-order valence-electron chi connectivity index (χ2n) is 7.40. The van der Waals surface area contributed by atoms with Gasteiger partial charge in [-0.05, 0) is 64.1 Å². The Kier molecular flexibility index (Phi) is 12.6. The predicted octanol–water partition coefficient (Wildman–Crippen LogP) is 6.10. The molecule has 6 nitrogen and oxygen atoms in total. The zero-order valence-electron chi connectivity index (χ0n) is 19.7. The number of hydrogen-bond donors (Lipinski definition) is 2. The fourth-order valence-corrected chi connectivity index (χ4v) is 5.61. The summed E-state index contributed by atoms with van der Waals surface area (Å²) in [7, 11) is 2.74. The summed E-state index contributed by atoms with van der Waals surface area (Å²) >= 11 is 12.3. The Hall–Kier alpha value is -1.42. The number of carbonyl (C=O) groups excluding carboxylic acids is 2. The van der Waals surface area contributed by atoms with Crippen LogP contribution in [0.15, 0.2) is 46.2 Å². The molecule has 10 heteroatoms. The molecule has 0 aromatic heterocycles. The molecule has 34 heavy (non-hydrogen) atoms. The van der Waals surface area contributed by atoms with Crippen molar-refractivity contribution in [3.05, 3.63) is 57.6 Å². The van der Waals surface area contributed by atoms with Crippen molar-refractivity contribution < 1.29 is 19.1 Å². The fraction of sp³-hybridized carbons (Fsp3) is 0.417. The number of carbonyl (C=O) groups is 2. The van der Waals surface area contributed by atoms with E-state index in [9.17, 15) is 9.59 Å². The molecule has 186 valence electrons. The van der Waals surface area contributed by atoms with Gasteiger partial charge in [0.25, 0.3) is 11.8 Å². The molecule has 0 saturated heterocycles. The maximum atomic E-state index is 12.8. The minimum Gasteiger partial charge on any atom is -0.377 e. The topological polar surface area (TPSA) is 76.7 Å². The van der Waals surface area contributed by atoms with Gasteiger partial charge in [0.1, 0.15) is 0 Å². The Bertz CT molecular complexity index is 900. The SMILES string of the molecule is CCOC(C)CNC(=O)c1cc(Cl)ccc1SSc1ccc(Cl)cc1C(=O)NCC(C)OCC. The number of ether oxygens (including phenoxy) is 2. The molecule has 0 spiro atoms. The third-order valence-corrected chi connectivity index (χ3v) is 7.55. The monoisotopic (exact) mass is 544 g/mol. The van der Waals surface area contributed by atoms with E-state index in [1.54, 1.807) is 36.4 Å². The first-order chi connectivity index (χ1) is 16.2. The largest absolute Gasteiger partial charge is 0.377 e. The molecule has 0 saturated carbocycles. The molecule has 2 aromatic rings. The second-order valence-corrected chi connectivity index (χ2v) is 10.5. The van der Waals surface area contributed by atoms with Gasteiger partial charge in [-0.3, -0.25) is 9.59 Å². The molecule has 0 aliphatic rings. The molecule has 2 unspecified atom stereocenters. The van der Waals surface area contributed by atoms with Gasteiger partial charge in [0.15, 0.2) is 0 Å². The van der Waals surface area contributed by atoms with E-state index in [2.05, 4.69) is 10.6 Å². The molecule has 0 fully saturated rings. The number of nitrogens with one attached hydrogen (secondary N) is 2. The van der Waals surface area contributed by atoms with E-state index in [0.717, 1.165) is 9.79 Å². The summed E-state index contributed by atoms with van der Waals surface area (Å²) < 4.78 is 10.9. The van der Waals surface area contributed by atoms with E-state index in [1.165, 1.54) is 21.6 Å². The van der Waals surface area contributed by atoms with Crippen LogP contribution >= 0.6 is 44.8 Å². The van der Waals surface area contributed by atoms with Crippen LogP contribution in [0.1, 0.15) is 48.4 Å². The van der Waals surface area contributed by atoms with Gasteiger partial charge >= 0.3 is 0 Å². The zero-order chi connectivity index (χ0) is 25.1. The van der Waals surface area contributed by atoms with Crippen molar-refractivity contribution in [1.82, 2.24) is 10.6 Å². The summed E-state index contributed by atoms with van der Waals surface area (Å²) in [6, 6.07) is 10.3. The van der Waals surface area contributed by atoms with Gasteiger partial charge in [-0.1, -0.05) is 44.8 Å². The molecule has 2 rings (SSSR count). The number of halogens is 2. The minimum absolute atomic E-state index is 0.0980. The van der Waals surface area contributed by atoms with E-state index in [1.807, 2.05) is 27.7 Å². The molecule has 2 amide bonds. The van der Waals surface area contributed by atoms with Crippen molar-refractivity contribution in [2.75, 3.05) is 26.3 Å². The Morgan fingerprint density at radius 3 is 1.53 bits per heavy atom. The van der Waals surface area contributed by atoms with Crippen LogP contribution < -0.4 is 10.6 Å².